The number of hydrogen-bond donors (Lipinski definition) is 7. The summed E-state index contributed by atoms with van der Waals surface area (Å²) in [5.74, 6) is -1.11. The molecule has 1 amide bonds. The van der Waals surface area contributed by atoms with Gasteiger partial charge < -0.3 is 69.5 Å². The van der Waals surface area contributed by atoms with E-state index in [-0.39, 0.29) is 42.4 Å². The number of hydrogen-bond acceptors (Lipinski definition) is 16. The monoisotopic (exact) mass is 1110 g/mol. The van der Waals surface area contributed by atoms with E-state index in [1.54, 1.807) is 31.0 Å². The number of aliphatic hydroxyl groups is 6. The summed E-state index contributed by atoms with van der Waals surface area (Å²) in [4.78, 5) is 39.7. The van der Waals surface area contributed by atoms with Gasteiger partial charge in [-0.25, -0.2) is 4.39 Å². The average Bonchev–Trinajstić information content (AvgIpc) is 3.41. The minimum Gasteiger partial charge on any atom is -0.459 e. The van der Waals surface area contributed by atoms with Crippen LogP contribution in [0.2, 0.25) is 0 Å². The molecule has 16 atom stereocenters. The maximum absolute atomic E-state index is 13.7. The Bertz CT molecular complexity index is 1830. The number of aliphatic hydroxyl groups excluding tert-OH is 4. The molecule has 1 aromatic rings. The molecular formula is C60H105FN4O13. The van der Waals surface area contributed by atoms with Gasteiger partial charge in [-0.05, 0) is 129 Å². The average molecular weight is 1110 g/mol. The topological polar surface area (TPSA) is 231 Å². The fraction of sp³-hybridized carbons (Fsp3) is 0.750. The van der Waals surface area contributed by atoms with Crippen LogP contribution in [0.25, 0.3) is 5.57 Å². The second-order valence-corrected chi connectivity index (χ2v) is 21.6. The number of cyclic esters (lactones) is 1. The van der Waals surface area contributed by atoms with E-state index in [1.165, 1.54) is 12.5 Å². The Morgan fingerprint density at radius 2 is 1.50 bits per heavy atom. The summed E-state index contributed by atoms with van der Waals surface area (Å²) in [5, 5.41) is 63.6. The molecule has 4 aliphatic rings. The Balaban J connectivity index is 0. The second-order valence-electron chi connectivity index (χ2n) is 21.6. The van der Waals surface area contributed by atoms with E-state index in [2.05, 4.69) is 56.0 Å². The van der Waals surface area contributed by atoms with E-state index in [4.69, 9.17) is 28.8 Å². The lowest BCUT2D eigenvalue weighted by Gasteiger charge is -2.43. The highest BCUT2D eigenvalue weighted by Gasteiger charge is 2.46. The lowest BCUT2D eigenvalue weighted by molar-refractivity contribution is -0.243. The predicted octanol–water partition coefficient (Wildman–Crippen LogP) is 6.36. The summed E-state index contributed by atoms with van der Waals surface area (Å²) in [6.45, 7) is 25.1. The number of carbonyl (C=O) groups excluding carboxylic acids is 3. The number of likely N-dealkylation sites (N-methyl/N-ethyl adjacent to an activating group) is 2. The van der Waals surface area contributed by atoms with Crippen molar-refractivity contribution < 1.29 is 68.4 Å². The zero-order valence-corrected chi connectivity index (χ0v) is 50.1. The van der Waals surface area contributed by atoms with Gasteiger partial charge in [0, 0.05) is 58.6 Å². The lowest BCUT2D eigenvalue weighted by Crippen LogP contribution is -2.58. The summed E-state index contributed by atoms with van der Waals surface area (Å²) < 4.78 is 37.4. The molecule has 0 unspecified atom stereocenters. The number of ether oxygens (including phenoxy) is 4. The van der Waals surface area contributed by atoms with Crippen LogP contribution in [0.3, 0.4) is 0 Å². The molecule has 3 saturated heterocycles. The first kappa shape index (κ1) is 76.2. The predicted molar refractivity (Wildman–Crippen MR) is 307 cm³/mol. The number of terminal acetylenes is 2. The van der Waals surface area contributed by atoms with E-state index in [0.717, 1.165) is 51.4 Å². The van der Waals surface area contributed by atoms with Crippen molar-refractivity contribution in [1.82, 2.24) is 20.0 Å². The quantitative estimate of drug-likeness (QED) is 0.0892. The zero-order valence-electron chi connectivity index (χ0n) is 50.1. The van der Waals surface area contributed by atoms with Gasteiger partial charge in [0.2, 0.25) is 5.91 Å². The van der Waals surface area contributed by atoms with Crippen molar-refractivity contribution in [2.45, 2.75) is 207 Å². The molecule has 17 nitrogen and oxygen atoms in total. The third-order valence-electron chi connectivity index (χ3n) is 14.5. The molecule has 4 aliphatic heterocycles. The van der Waals surface area contributed by atoms with Gasteiger partial charge in [0.25, 0.3) is 0 Å². The molecule has 0 aliphatic carbocycles. The maximum Gasteiger partial charge on any atom is 0.311 e. The molecule has 0 bridgehead atoms. The van der Waals surface area contributed by atoms with Gasteiger partial charge in [0.05, 0.1) is 35.9 Å². The van der Waals surface area contributed by atoms with Gasteiger partial charge in [-0.1, -0.05) is 71.9 Å². The number of nitrogens with zero attached hydrogens (tertiary/aromatic N) is 3. The summed E-state index contributed by atoms with van der Waals surface area (Å²) in [7, 11) is 6.73. The lowest BCUT2D eigenvalue weighted by atomic mass is 9.80. The fourth-order valence-electron chi connectivity index (χ4n) is 10.8. The molecule has 0 saturated carbocycles. The molecule has 450 valence electrons. The first-order valence-electron chi connectivity index (χ1n) is 27.6. The molecular weight excluding hydrogens is 1000 g/mol. The van der Waals surface area contributed by atoms with Gasteiger partial charge in [-0.15, -0.1) is 25.7 Å². The Labute approximate surface area is 469 Å². The van der Waals surface area contributed by atoms with Crippen LogP contribution in [0.15, 0.2) is 30.3 Å². The van der Waals surface area contributed by atoms with Crippen molar-refractivity contribution in [3.05, 3.63) is 41.5 Å². The fourth-order valence-corrected chi connectivity index (χ4v) is 10.8. The first-order chi connectivity index (χ1) is 36.8. The van der Waals surface area contributed by atoms with Crippen molar-refractivity contribution >= 4 is 24.2 Å². The SMILES string of the molecule is C#C.C#C.C=O.CC.CC[C@H]1OC(=O)[C@H](C)[C@@H](O[C@H]2C[C@H](C)C[C@H](C)O2)[C@H](C)C[C@](C)(O)C[C@@H](C)CN(C)[C@@H](O)[C@]1(C)O.CO.C[C@@H]1C[C@H](N(C)CCC(=O)N[C@H](CF)[C@H](O)c2ccc(C3=CCN(C)CC3)cc2)C[C@H](O)O1. The smallest absolute Gasteiger partial charge is 0.311 e. The highest BCUT2D eigenvalue weighted by atomic mass is 19.1. The highest BCUT2D eigenvalue weighted by Crippen LogP contribution is 2.36. The molecule has 78 heavy (non-hydrogen) atoms. The summed E-state index contributed by atoms with van der Waals surface area (Å²) in [6.07, 6.45) is 18.7. The summed E-state index contributed by atoms with van der Waals surface area (Å²) >= 11 is 0. The molecule has 0 spiro atoms. The minimum atomic E-state index is -1.68. The van der Waals surface area contributed by atoms with Gasteiger partial charge in [-0.3, -0.25) is 14.5 Å². The number of halogens is 1. The van der Waals surface area contributed by atoms with E-state index < -0.39 is 72.9 Å². The van der Waals surface area contributed by atoms with Gasteiger partial charge in [0.1, 0.15) is 37.5 Å². The summed E-state index contributed by atoms with van der Waals surface area (Å²) in [6, 6.07) is 6.63. The van der Waals surface area contributed by atoms with Gasteiger partial charge >= 0.3 is 5.97 Å². The van der Waals surface area contributed by atoms with Crippen LogP contribution in [0.1, 0.15) is 151 Å². The number of amides is 1. The highest BCUT2D eigenvalue weighted by molar-refractivity contribution is 5.76. The first-order valence-corrected chi connectivity index (χ1v) is 27.6. The van der Waals surface area contributed by atoms with Gasteiger partial charge in [-0.2, -0.15) is 0 Å². The van der Waals surface area contributed by atoms with E-state index >= 15 is 0 Å². The molecule has 3 fully saturated rings. The molecule has 5 rings (SSSR count). The number of rotatable bonds is 12. The minimum absolute atomic E-state index is 0.0387. The number of carbonyl (C=O) groups is 3. The van der Waals surface area contributed by atoms with Crippen molar-refractivity contribution in [3.63, 3.8) is 0 Å². The van der Waals surface area contributed by atoms with Crippen LogP contribution in [0, 0.1) is 49.4 Å². The van der Waals surface area contributed by atoms with Crippen LogP contribution in [-0.2, 0) is 33.3 Å². The van der Waals surface area contributed by atoms with Crippen molar-refractivity contribution in [2.75, 3.05) is 61.1 Å². The molecule has 0 radical (unpaired) electrons. The van der Waals surface area contributed by atoms with E-state index in [0.29, 0.717) is 50.3 Å². The van der Waals surface area contributed by atoms with Crippen LogP contribution < -0.4 is 5.32 Å². The molecule has 1 aromatic carbocycles. The van der Waals surface area contributed by atoms with Crippen molar-refractivity contribution in [1.29, 1.82) is 0 Å². The van der Waals surface area contributed by atoms with Crippen LogP contribution in [-0.4, -0.2) is 192 Å². The van der Waals surface area contributed by atoms with Crippen molar-refractivity contribution in [3.8, 4) is 25.7 Å². The third kappa shape index (κ3) is 25.7. The van der Waals surface area contributed by atoms with Crippen LogP contribution >= 0.6 is 0 Å². The van der Waals surface area contributed by atoms with Crippen LogP contribution in [0.4, 0.5) is 4.39 Å². The molecule has 7 N–H and O–H groups in total. The largest absolute Gasteiger partial charge is 0.459 e. The number of esters is 1. The Morgan fingerprint density at radius 3 is 2.01 bits per heavy atom. The van der Waals surface area contributed by atoms with Crippen LogP contribution in [0.5, 0.6) is 0 Å². The number of nitrogens with one attached hydrogen (secondary N) is 1. The molecule has 18 heteroatoms. The van der Waals surface area contributed by atoms with E-state index in [1.807, 2.05) is 86.3 Å². The van der Waals surface area contributed by atoms with E-state index in [9.17, 15) is 39.5 Å². The third-order valence-corrected chi connectivity index (χ3v) is 14.5. The Kier molecular flexibility index (Phi) is 38.6. The standard InChI is InChI=1S/C27H51NO7.C25H38FN3O4.C2H6.2C2H2.CH4O.CH2O/c1-10-21-27(8,32)25(30)28(9)15-17(3)13-26(7,31)14-18(4)23(20(6)24(29)34-21)35-22-12-16(2)11-19(5)33-22;1-17-14-21(15-24(31)33-17)29(3)13-10-23(30)27-22(16-26)25(32)20-6-4-18(5-7-20)19-8-11-28(2)12-9-19;5*1-2/h16-23,25,30-32H,10-15H2,1-9H3;4-8,17,21-22,24-25,31-32H,9-16H2,1-3H3,(H,27,30);1-2H3;2*1-2H;2H,1H3;1H2/t16-,17-,18-,19+,20-,21-,22+,23+,25+,26-,27-;17-,21+,22-,24-,25-;;;;;/m11...../s1. The number of alkyl halides is 1. The summed E-state index contributed by atoms with van der Waals surface area (Å²) in [5.41, 5.74) is 0.292. The maximum atomic E-state index is 13.7. The Morgan fingerprint density at radius 1 is 0.923 bits per heavy atom. The normalized spacial score (nSPS) is 32.7. The second kappa shape index (κ2) is 39.5. The molecule has 4 heterocycles. The molecule has 0 aromatic heterocycles. The Hall–Kier alpha value is -3.86. The van der Waals surface area contributed by atoms with Gasteiger partial charge in [0.15, 0.2) is 12.6 Å². The number of benzene rings is 1. The zero-order chi connectivity index (χ0) is 60.7. The van der Waals surface area contributed by atoms with Crippen molar-refractivity contribution in [2.24, 2.45) is 23.7 Å².